The Morgan fingerprint density at radius 1 is 1.22 bits per heavy atom. The Bertz CT molecular complexity index is 1140. The maximum absolute atomic E-state index is 14.5. The monoisotopic (exact) mass is 528 g/mol. The van der Waals surface area contributed by atoms with E-state index in [9.17, 15) is 31.5 Å². The number of halogens is 5. The molecule has 2 aliphatic carbocycles. The van der Waals surface area contributed by atoms with Crippen molar-refractivity contribution in [2.24, 2.45) is 34.4 Å². The zero-order chi connectivity index (χ0) is 26.9. The summed E-state index contributed by atoms with van der Waals surface area (Å²) >= 11 is 0. The lowest BCUT2D eigenvalue weighted by molar-refractivity contribution is -0.202. The smallest absolute Gasteiger partial charge is 0.425 e. The predicted octanol–water partition coefficient (Wildman–Crippen LogP) is 3.79. The van der Waals surface area contributed by atoms with Gasteiger partial charge in [0.25, 0.3) is 5.92 Å². The Balaban J connectivity index is 1.35. The molecule has 3 unspecified atom stereocenters. The fourth-order valence-corrected chi connectivity index (χ4v) is 6.25. The zero-order valence-corrected chi connectivity index (χ0v) is 20.4. The van der Waals surface area contributed by atoms with Gasteiger partial charge in [-0.25, -0.2) is 13.8 Å². The number of para-hydroxylation sites is 1. The molecule has 37 heavy (non-hydrogen) atoms. The molecule has 4 aliphatic rings. The molecular weight excluding hydrogens is 499 g/mol. The van der Waals surface area contributed by atoms with Crippen molar-refractivity contribution < 1.29 is 36.3 Å². The lowest BCUT2D eigenvalue weighted by Gasteiger charge is -2.41. The molecule has 2 heterocycles. The molecule has 3 N–H and O–H groups in total. The number of rotatable bonds is 6. The number of hydrogen-bond donors (Lipinski definition) is 2. The molecule has 6 atom stereocenters. The molecule has 2 aliphatic heterocycles. The third kappa shape index (κ3) is 4.12. The minimum Gasteiger partial charge on any atom is -0.480 e. The van der Waals surface area contributed by atoms with E-state index in [0.29, 0.717) is 18.4 Å². The number of ether oxygens (including phenoxy) is 1. The summed E-state index contributed by atoms with van der Waals surface area (Å²) in [6.07, 6.45) is -6.11. The molecule has 0 saturated heterocycles. The number of amides is 2. The molecule has 2 amide bonds. The first-order valence-corrected chi connectivity index (χ1v) is 12.5. The Labute approximate surface area is 210 Å². The van der Waals surface area contributed by atoms with Crippen LogP contribution in [0.5, 0.6) is 5.75 Å². The van der Waals surface area contributed by atoms with Crippen LogP contribution in [0.2, 0.25) is 0 Å². The molecule has 2 fully saturated rings. The number of fused-ring (bicyclic) bond motifs is 2. The maximum atomic E-state index is 14.5. The largest absolute Gasteiger partial charge is 0.480 e. The van der Waals surface area contributed by atoms with Gasteiger partial charge in [-0.15, -0.1) is 0 Å². The van der Waals surface area contributed by atoms with Crippen LogP contribution >= 0.6 is 0 Å². The average molecular weight is 529 g/mol. The summed E-state index contributed by atoms with van der Waals surface area (Å²) in [5.74, 6) is -8.61. The van der Waals surface area contributed by atoms with Crippen LogP contribution in [-0.4, -0.2) is 53.0 Å². The van der Waals surface area contributed by atoms with Gasteiger partial charge in [0.2, 0.25) is 11.8 Å². The van der Waals surface area contributed by atoms with E-state index in [2.05, 4.69) is 10.3 Å². The summed E-state index contributed by atoms with van der Waals surface area (Å²) in [7, 11) is 0. The van der Waals surface area contributed by atoms with E-state index in [1.165, 1.54) is 23.1 Å². The highest BCUT2D eigenvalue weighted by Crippen LogP contribution is 2.73. The second-order valence-electron chi connectivity index (χ2n) is 10.5. The molecule has 2 saturated carbocycles. The van der Waals surface area contributed by atoms with Crippen LogP contribution in [0.25, 0.3) is 0 Å². The summed E-state index contributed by atoms with van der Waals surface area (Å²) in [6, 6.07) is 4.97. The van der Waals surface area contributed by atoms with Gasteiger partial charge in [0, 0.05) is 30.4 Å². The Morgan fingerprint density at radius 3 is 2.51 bits per heavy atom. The summed E-state index contributed by atoms with van der Waals surface area (Å²) in [5.41, 5.74) is 5.79. The topological polar surface area (TPSA) is 97.0 Å². The van der Waals surface area contributed by atoms with E-state index in [1.54, 1.807) is 6.07 Å². The minimum absolute atomic E-state index is 0.0145. The van der Waals surface area contributed by atoms with Crippen molar-refractivity contribution in [2.75, 3.05) is 6.54 Å². The molecule has 5 rings (SSSR count). The maximum Gasteiger partial charge on any atom is 0.425 e. The molecule has 1 aromatic carbocycles. The van der Waals surface area contributed by atoms with Gasteiger partial charge in [-0.05, 0) is 24.8 Å². The van der Waals surface area contributed by atoms with E-state index < -0.39 is 65.8 Å². The van der Waals surface area contributed by atoms with Gasteiger partial charge in [0.15, 0.2) is 12.1 Å². The van der Waals surface area contributed by atoms with Crippen LogP contribution in [0, 0.1) is 23.7 Å². The lowest BCUT2D eigenvalue weighted by Crippen LogP contribution is -2.56. The highest BCUT2D eigenvalue weighted by Gasteiger charge is 2.84. The van der Waals surface area contributed by atoms with Crippen molar-refractivity contribution in [3.8, 4) is 5.75 Å². The van der Waals surface area contributed by atoms with Crippen molar-refractivity contribution in [3.63, 3.8) is 0 Å². The van der Waals surface area contributed by atoms with Gasteiger partial charge in [-0.1, -0.05) is 32.0 Å². The van der Waals surface area contributed by atoms with Crippen LogP contribution < -0.4 is 15.8 Å². The Hall–Kier alpha value is -2.92. The van der Waals surface area contributed by atoms with Crippen molar-refractivity contribution in [3.05, 3.63) is 29.8 Å². The summed E-state index contributed by atoms with van der Waals surface area (Å²) in [4.78, 5) is 31.8. The number of carbonyl (C=O) groups excluding carboxylic acids is 2. The van der Waals surface area contributed by atoms with Crippen LogP contribution in [0.3, 0.4) is 0 Å². The van der Waals surface area contributed by atoms with Gasteiger partial charge in [0.05, 0.1) is 23.9 Å². The van der Waals surface area contributed by atoms with Gasteiger partial charge in [0.1, 0.15) is 5.75 Å². The number of nitrogens with two attached hydrogens (primary N) is 1. The zero-order valence-electron chi connectivity index (χ0n) is 20.4. The van der Waals surface area contributed by atoms with E-state index >= 15 is 0 Å². The number of alkyl halides is 5. The molecule has 12 heteroatoms. The van der Waals surface area contributed by atoms with Crippen LogP contribution in [-0.2, 0) is 9.59 Å². The SMILES string of the molecule is CCC1(CC)CC(=O)N(C[C@@H]2C(C(=O)N[C@H]3C[C@H](C(F)(F)F)Oc4ccccc43)C3C2C3(F)F)C(N)=N1. The van der Waals surface area contributed by atoms with Crippen molar-refractivity contribution in [1.82, 2.24) is 10.2 Å². The van der Waals surface area contributed by atoms with Gasteiger partial charge in [-0.2, -0.15) is 13.2 Å². The second kappa shape index (κ2) is 8.56. The highest BCUT2D eigenvalue weighted by molar-refractivity contribution is 5.99. The fourth-order valence-electron chi connectivity index (χ4n) is 6.25. The first-order valence-electron chi connectivity index (χ1n) is 12.5. The molecule has 1 aromatic rings. The fraction of sp³-hybridized carbons (Fsp3) is 0.640. The normalized spacial score (nSPS) is 33.3. The number of carbonyl (C=O) groups is 2. The highest BCUT2D eigenvalue weighted by atomic mass is 19.4. The van der Waals surface area contributed by atoms with Crippen LogP contribution in [0.15, 0.2) is 29.3 Å². The predicted molar refractivity (Wildman–Crippen MR) is 123 cm³/mol. The molecule has 0 aromatic heterocycles. The first kappa shape index (κ1) is 25.7. The Kier molecular flexibility index (Phi) is 5.95. The standard InChI is InChI=1S/C25H29F5N4O3/c1-3-23(4-2)10-17(35)34(22(31)33-23)11-13-18(20-19(13)24(20,26)27)21(36)32-14-9-16(25(28,29)30)37-15-8-6-5-7-12(14)15/h5-8,13-14,16,18-20H,3-4,9-11H2,1-2H3,(H2,31,33)(H,32,36)/t13-,14+,16-,18?,19?,20?/m1/s1. The van der Waals surface area contributed by atoms with E-state index in [1.807, 2.05) is 13.8 Å². The van der Waals surface area contributed by atoms with E-state index in [0.717, 1.165) is 0 Å². The van der Waals surface area contributed by atoms with Crippen LogP contribution in [0.1, 0.15) is 51.1 Å². The molecule has 0 bridgehead atoms. The van der Waals surface area contributed by atoms with Gasteiger partial charge < -0.3 is 15.8 Å². The second-order valence-corrected chi connectivity index (χ2v) is 10.5. The third-order valence-corrected chi connectivity index (χ3v) is 8.59. The summed E-state index contributed by atoms with van der Waals surface area (Å²) in [6.45, 7) is 3.59. The van der Waals surface area contributed by atoms with Crippen molar-refractivity contribution >= 4 is 17.8 Å². The molecule has 0 spiro atoms. The number of nitrogens with one attached hydrogen (secondary N) is 1. The Morgan fingerprint density at radius 2 is 1.89 bits per heavy atom. The molecule has 0 radical (unpaired) electrons. The summed E-state index contributed by atoms with van der Waals surface area (Å²) in [5, 5.41) is 2.58. The van der Waals surface area contributed by atoms with Gasteiger partial charge >= 0.3 is 6.18 Å². The van der Waals surface area contributed by atoms with Gasteiger partial charge in [-0.3, -0.25) is 14.5 Å². The summed E-state index contributed by atoms with van der Waals surface area (Å²) < 4.78 is 74.5. The molecule has 202 valence electrons. The molecule has 7 nitrogen and oxygen atoms in total. The first-order chi connectivity index (χ1) is 17.3. The van der Waals surface area contributed by atoms with Crippen LogP contribution in [0.4, 0.5) is 22.0 Å². The van der Waals surface area contributed by atoms with E-state index in [-0.39, 0.29) is 30.6 Å². The molecular formula is C25H29F5N4O3. The quantitative estimate of drug-likeness (QED) is 0.549. The number of benzene rings is 1. The number of guanidine groups is 1. The number of nitrogens with zero attached hydrogens (tertiary/aromatic N) is 2. The minimum atomic E-state index is -4.66. The third-order valence-electron chi connectivity index (χ3n) is 8.59. The van der Waals surface area contributed by atoms with Crippen molar-refractivity contribution in [2.45, 2.75) is 69.3 Å². The average Bonchev–Trinajstić information content (AvgIpc) is 3.31. The van der Waals surface area contributed by atoms with Crippen molar-refractivity contribution in [1.29, 1.82) is 0 Å². The van der Waals surface area contributed by atoms with E-state index in [4.69, 9.17) is 10.5 Å². The number of hydrogen-bond acceptors (Lipinski definition) is 5. The number of aliphatic imine (C=N–C) groups is 1. The lowest BCUT2D eigenvalue weighted by atomic mass is 9.72.